The lowest BCUT2D eigenvalue weighted by atomic mass is 9.77. The van der Waals surface area contributed by atoms with Crippen LogP contribution in [-0.2, 0) is 0 Å². The molecule has 0 N–H and O–H groups in total. The van der Waals surface area contributed by atoms with Gasteiger partial charge in [-0.05, 0) is 155 Å². The van der Waals surface area contributed by atoms with Crippen LogP contribution in [0.25, 0.3) is 0 Å². The van der Waals surface area contributed by atoms with Crippen LogP contribution >= 0.6 is 0 Å². The number of unbranched alkanes of at least 4 members (excludes halogenated alkanes) is 1. The molecule has 15 atom stereocenters. The summed E-state index contributed by atoms with van der Waals surface area (Å²) in [5.74, 6) is 17.3. The van der Waals surface area contributed by atoms with Crippen LogP contribution in [0.3, 0.4) is 0 Å². The van der Waals surface area contributed by atoms with E-state index < -0.39 is 0 Å². The van der Waals surface area contributed by atoms with Crippen LogP contribution in [0.15, 0.2) is 0 Å². The molecular weight excluding hydrogens is 781 g/mol. The Kier molecular flexibility index (Phi) is 37.5. The molecule has 0 aliphatic heterocycles. The molecule has 0 aromatic carbocycles. The maximum Gasteiger partial charge on any atom is -0.0326 e. The molecule has 396 valence electrons. The van der Waals surface area contributed by atoms with E-state index in [1.165, 1.54) is 103 Å². The molecule has 0 radical (unpaired) electrons. The van der Waals surface area contributed by atoms with Gasteiger partial charge < -0.3 is 0 Å². The summed E-state index contributed by atoms with van der Waals surface area (Å²) in [5, 5.41) is 0. The van der Waals surface area contributed by atoms with Gasteiger partial charge in [0.1, 0.15) is 0 Å². The van der Waals surface area contributed by atoms with Gasteiger partial charge in [-0.2, -0.15) is 0 Å². The molecule has 9 rings (SSSR count). The van der Waals surface area contributed by atoms with Crippen LogP contribution < -0.4 is 0 Å². The van der Waals surface area contributed by atoms with Crippen LogP contribution in [0.2, 0.25) is 0 Å². The second kappa shape index (κ2) is 35.2. The first-order valence-corrected chi connectivity index (χ1v) is 29.7. The molecular formula is C65H136. The maximum absolute atomic E-state index is 2.33. The van der Waals surface area contributed by atoms with E-state index in [4.69, 9.17) is 0 Å². The van der Waals surface area contributed by atoms with Crippen LogP contribution in [0.1, 0.15) is 304 Å². The Morgan fingerprint density at radius 1 is 0.292 bits per heavy atom. The van der Waals surface area contributed by atoms with E-state index >= 15 is 0 Å². The van der Waals surface area contributed by atoms with Crippen molar-refractivity contribution in [2.75, 3.05) is 0 Å². The predicted molar refractivity (Wildman–Crippen MR) is 305 cm³/mol. The number of hydrogen-bond acceptors (Lipinski definition) is 0. The smallest absolute Gasteiger partial charge is 0.0326 e. The quantitative estimate of drug-likeness (QED) is 0.265. The van der Waals surface area contributed by atoms with Gasteiger partial charge in [0.15, 0.2) is 0 Å². The first-order chi connectivity index (χ1) is 29.7. The van der Waals surface area contributed by atoms with Gasteiger partial charge in [0.2, 0.25) is 0 Å². The molecule has 0 aromatic heterocycles. The summed E-state index contributed by atoms with van der Waals surface area (Å²) in [5.41, 5.74) is 2.12. The van der Waals surface area contributed by atoms with E-state index in [0.29, 0.717) is 16.2 Å². The first-order valence-electron chi connectivity index (χ1n) is 29.7. The molecule has 0 amide bonds. The second-order valence-electron chi connectivity index (χ2n) is 28.1. The molecule has 0 bridgehead atoms. The third-order valence-corrected chi connectivity index (χ3v) is 18.8. The Morgan fingerprint density at radius 2 is 0.385 bits per heavy atom. The largest absolute Gasteiger partial charge is 0.0654 e. The minimum absolute atomic E-state index is 0.708. The molecule has 0 aromatic rings. The second-order valence-corrected chi connectivity index (χ2v) is 28.1. The summed E-state index contributed by atoms with van der Waals surface area (Å²) in [7, 11) is 0. The van der Waals surface area contributed by atoms with Crippen molar-refractivity contribution in [1.82, 2.24) is 0 Å². The van der Waals surface area contributed by atoms with Crippen molar-refractivity contribution in [2.45, 2.75) is 304 Å². The monoisotopic (exact) mass is 917 g/mol. The van der Waals surface area contributed by atoms with Gasteiger partial charge in [-0.3, -0.25) is 0 Å². The third-order valence-electron chi connectivity index (χ3n) is 18.8. The topological polar surface area (TPSA) is 0 Å². The van der Waals surface area contributed by atoms with E-state index in [1.54, 1.807) is 0 Å². The molecule has 9 saturated carbocycles. The Labute approximate surface area is 418 Å². The lowest BCUT2D eigenvalue weighted by Gasteiger charge is -2.29. The fourth-order valence-corrected chi connectivity index (χ4v) is 6.21. The standard InChI is InChI=1S/6C6H12.3C5H10.2C5H12.C4H10/c3*1-5-4-6(5,2)3;3*1-5-3-4-6(5)2;3*1-4-3-5(4)2;2*1-4-5(2)3;1-3-4-2/h3*5H,4H2,1-3H3;3*5-6H,3-4H2,1-2H3;3*4-5H,3H2,1-2H3;2*5H,4H2,1-3H3;3-4H2,1-2H3/t2*5-;;2*5-,6+;;2*4-,5+;;;;/m10........../s1. The highest BCUT2D eigenvalue weighted by atomic mass is 14.5. The average Bonchev–Trinajstić information content (AvgIpc) is 4.12. The summed E-state index contributed by atoms with van der Waals surface area (Å²) in [4.78, 5) is 0. The molecule has 9 fully saturated rings. The Balaban J connectivity index is -0.000000646. The lowest BCUT2D eigenvalue weighted by Crippen LogP contribution is -2.18. The Morgan fingerprint density at radius 3 is 0.385 bits per heavy atom. The van der Waals surface area contributed by atoms with Gasteiger partial charge in [0, 0.05) is 0 Å². The summed E-state index contributed by atoms with van der Waals surface area (Å²) in [6, 6.07) is 0. The molecule has 5 unspecified atom stereocenters. The van der Waals surface area contributed by atoms with E-state index in [9.17, 15) is 0 Å². The highest BCUT2D eigenvalue weighted by molar-refractivity contribution is 4.92. The van der Waals surface area contributed by atoms with Crippen LogP contribution in [0.4, 0.5) is 0 Å². The zero-order valence-electron chi connectivity index (χ0n) is 51.6. The highest BCUT2D eigenvalue weighted by Crippen LogP contribution is 2.52. The molecule has 65 heavy (non-hydrogen) atoms. The van der Waals surface area contributed by atoms with Crippen LogP contribution in [0, 0.1) is 117 Å². The normalized spacial score (nSPS) is 36.7. The average molecular weight is 918 g/mol. The van der Waals surface area contributed by atoms with Crippen molar-refractivity contribution >= 4 is 0 Å². The number of rotatable bonds is 3. The summed E-state index contributed by atoms with van der Waals surface area (Å²) in [6.45, 7) is 66.2. The minimum Gasteiger partial charge on any atom is -0.0654 e. The summed E-state index contributed by atoms with van der Waals surface area (Å²) < 4.78 is 0. The van der Waals surface area contributed by atoms with Crippen LogP contribution in [-0.4, -0.2) is 0 Å². The van der Waals surface area contributed by atoms with Crippen molar-refractivity contribution < 1.29 is 0 Å². The van der Waals surface area contributed by atoms with E-state index in [2.05, 4.69) is 201 Å². The Bertz CT molecular complexity index is 893. The van der Waals surface area contributed by atoms with E-state index in [0.717, 1.165) is 101 Å². The molecule has 9 aliphatic rings. The lowest BCUT2D eigenvalue weighted by molar-refractivity contribution is 0.219. The number of hydrogen-bond donors (Lipinski definition) is 0. The van der Waals surface area contributed by atoms with Crippen molar-refractivity contribution in [3.63, 3.8) is 0 Å². The van der Waals surface area contributed by atoms with E-state index in [1.807, 2.05) is 0 Å². The fraction of sp³-hybridized carbons (Fsp3) is 1.00. The molecule has 0 nitrogen and oxygen atoms in total. The molecule has 0 spiro atoms. The molecule has 0 heterocycles. The summed E-state index contributed by atoms with van der Waals surface area (Å²) in [6.07, 6.45) is 22.8. The van der Waals surface area contributed by atoms with Crippen molar-refractivity contribution in [3.05, 3.63) is 0 Å². The van der Waals surface area contributed by atoms with Gasteiger partial charge in [0.05, 0.1) is 0 Å². The van der Waals surface area contributed by atoms with Crippen molar-refractivity contribution in [2.24, 2.45) is 117 Å². The maximum atomic E-state index is 2.33. The first kappa shape index (κ1) is 69.3. The fourth-order valence-electron chi connectivity index (χ4n) is 6.21. The van der Waals surface area contributed by atoms with Crippen LogP contribution in [0.5, 0.6) is 0 Å². The van der Waals surface area contributed by atoms with Gasteiger partial charge in [0.25, 0.3) is 0 Å². The Hall–Kier alpha value is 0. The van der Waals surface area contributed by atoms with Gasteiger partial charge in [-0.25, -0.2) is 0 Å². The molecule has 0 heteroatoms. The minimum atomic E-state index is 0.708. The third kappa shape index (κ3) is 41.5. The zero-order chi connectivity index (χ0) is 51.6. The SMILES string of the molecule is CC1CC1(C)C.CC1CC1C.CC1CCC1C.CCC(C)C.CCC(C)C.CCCC.C[C@@H]1CC1(C)C.C[C@@H]1CC[C@@H]1C.C[C@@H]1CC[C@@H]1C.C[C@@H]1C[C@@H]1C.C[C@@H]1C[C@@H]1C.C[C@H]1CC1(C)C. The molecule has 0 saturated heterocycles. The van der Waals surface area contributed by atoms with E-state index in [-0.39, 0.29) is 0 Å². The van der Waals surface area contributed by atoms with Gasteiger partial charge >= 0.3 is 0 Å². The molecule has 9 aliphatic carbocycles. The predicted octanol–water partition coefficient (Wildman–Crippen LogP) is 23.2. The van der Waals surface area contributed by atoms with Gasteiger partial charge in [-0.15, -0.1) is 0 Å². The summed E-state index contributed by atoms with van der Waals surface area (Å²) >= 11 is 0. The highest BCUT2D eigenvalue weighted by Gasteiger charge is 2.42. The van der Waals surface area contributed by atoms with Crippen molar-refractivity contribution in [1.29, 1.82) is 0 Å². The zero-order valence-corrected chi connectivity index (χ0v) is 51.6. The van der Waals surface area contributed by atoms with Crippen molar-refractivity contribution in [3.8, 4) is 0 Å². The van der Waals surface area contributed by atoms with Gasteiger partial charge in [-0.1, -0.05) is 265 Å².